The third-order valence-corrected chi connectivity index (χ3v) is 5.13. The molecule has 1 heterocycles. The molecular weight excluding hydrogens is 374 g/mol. The van der Waals surface area contributed by atoms with Gasteiger partial charge in [-0.15, -0.1) is 0 Å². The van der Waals surface area contributed by atoms with Crippen molar-refractivity contribution in [1.29, 1.82) is 0 Å². The number of ether oxygens (including phenoxy) is 2. The van der Waals surface area contributed by atoms with E-state index >= 15 is 0 Å². The van der Waals surface area contributed by atoms with E-state index in [2.05, 4.69) is 26.7 Å². The number of thiazole rings is 1. The average Bonchev–Trinajstić information content (AvgIpc) is 3.14. The number of benzene rings is 2. The fourth-order valence-corrected chi connectivity index (χ4v) is 3.60. The highest BCUT2D eigenvalue weighted by Gasteiger charge is 2.04. The SMILES string of the molecule is COc1ccc(CCN=C(N)NCCNc2nc3ccccc3s2)cc1OC. The van der Waals surface area contributed by atoms with E-state index in [1.54, 1.807) is 25.6 Å². The highest BCUT2D eigenvalue weighted by Crippen LogP contribution is 2.27. The molecule has 148 valence electrons. The molecule has 0 aliphatic heterocycles. The van der Waals surface area contributed by atoms with Gasteiger partial charge in [-0.1, -0.05) is 29.5 Å². The summed E-state index contributed by atoms with van der Waals surface area (Å²) in [7, 11) is 3.25. The number of nitrogens with zero attached hydrogens (tertiary/aromatic N) is 2. The van der Waals surface area contributed by atoms with Gasteiger partial charge in [-0.05, 0) is 36.2 Å². The van der Waals surface area contributed by atoms with E-state index in [-0.39, 0.29) is 0 Å². The number of methoxy groups -OCH3 is 2. The maximum absolute atomic E-state index is 5.93. The Kier molecular flexibility index (Phi) is 6.91. The summed E-state index contributed by atoms with van der Waals surface area (Å²) in [6.07, 6.45) is 0.771. The normalized spacial score (nSPS) is 11.4. The smallest absolute Gasteiger partial charge is 0.188 e. The molecule has 7 nitrogen and oxygen atoms in total. The summed E-state index contributed by atoms with van der Waals surface area (Å²) in [5.41, 5.74) is 8.06. The number of nitrogens with one attached hydrogen (secondary N) is 2. The first kappa shape index (κ1) is 19.8. The van der Waals surface area contributed by atoms with Crippen molar-refractivity contribution in [2.24, 2.45) is 10.7 Å². The maximum Gasteiger partial charge on any atom is 0.188 e. The number of fused-ring (bicyclic) bond motifs is 1. The summed E-state index contributed by atoms with van der Waals surface area (Å²) >= 11 is 1.64. The number of aromatic nitrogens is 1. The first-order chi connectivity index (χ1) is 13.7. The summed E-state index contributed by atoms with van der Waals surface area (Å²) in [5, 5.41) is 7.32. The Labute approximate surface area is 168 Å². The minimum atomic E-state index is 0.437. The van der Waals surface area contributed by atoms with Gasteiger partial charge in [0.1, 0.15) is 0 Å². The van der Waals surface area contributed by atoms with Crippen LogP contribution in [0.15, 0.2) is 47.5 Å². The zero-order chi connectivity index (χ0) is 19.8. The zero-order valence-electron chi connectivity index (χ0n) is 16.1. The van der Waals surface area contributed by atoms with Crippen LogP contribution in [0, 0.1) is 0 Å². The highest BCUT2D eigenvalue weighted by molar-refractivity contribution is 7.22. The second-order valence-corrected chi connectivity index (χ2v) is 7.08. The number of hydrogen-bond acceptors (Lipinski definition) is 6. The van der Waals surface area contributed by atoms with Gasteiger partial charge in [0.05, 0.1) is 24.4 Å². The monoisotopic (exact) mass is 399 g/mol. The number of hydrogen-bond donors (Lipinski definition) is 3. The van der Waals surface area contributed by atoms with Crippen LogP contribution in [0.3, 0.4) is 0 Å². The molecule has 0 spiro atoms. The molecule has 0 fully saturated rings. The van der Waals surface area contributed by atoms with E-state index in [4.69, 9.17) is 15.2 Å². The van der Waals surface area contributed by atoms with E-state index < -0.39 is 0 Å². The van der Waals surface area contributed by atoms with Gasteiger partial charge < -0.3 is 25.8 Å². The van der Waals surface area contributed by atoms with Crippen molar-refractivity contribution in [3.05, 3.63) is 48.0 Å². The van der Waals surface area contributed by atoms with Crippen molar-refractivity contribution >= 4 is 32.6 Å². The van der Waals surface area contributed by atoms with Crippen LogP contribution in [-0.4, -0.2) is 44.8 Å². The van der Waals surface area contributed by atoms with E-state index in [1.165, 1.54) is 4.70 Å². The van der Waals surface area contributed by atoms with Crippen LogP contribution in [-0.2, 0) is 6.42 Å². The number of para-hydroxylation sites is 1. The molecular formula is C20H25N5O2S. The molecule has 4 N–H and O–H groups in total. The maximum atomic E-state index is 5.93. The van der Waals surface area contributed by atoms with E-state index in [0.717, 1.165) is 34.1 Å². The van der Waals surface area contributed by atoms with Gasteiger partial charge in [-0.2, -0.15) is 0 Å². The van der Waals surface area contributed by atoms with Crippen LogP contribution in [0.4, 0.5) is 5.13 Å². The van der Waals surface area contributed by atoms with Crippen LogP contribution in [0.2, 0.25) is 0 Å². The molecule has 0 aliphatic carbocycles. The van der Waals surface area contributed by atoms with Crippen LogP contribution < -0.4 is 25.8 Å². The lowest BCUT2D eigenvalue weighted by molar-refractivity contribution is 0.354. The van der Waals surface area contributed by atoms with E-state index in [1.807, 2.05) is 36.4 Å². The van der Waals surface area contributed by atoms with E-state index in [0.29, 0.717) is 25.6 Å². The van der Waals surface area contributed by atoms with E-state index in [9.17, 15) is 0 Å². The fourth-order valence-electron chi connectivity index (χ4n) is 2.71. The third kappa shape index (κ3) is 5.26. The average molecular weight is 400 g/mol. The van der Waals surface area contributed by atoms with Gasteiger partial charge in [-0.3, -0.25) is 4.99 Å². The summed E-state index contributed by atoms with van der Waals surface area (Å²) in [6, 6.07) is 13.9. The molecule has 28 heavy (non-hydrogen) atoms. The first-order valence-electron chi connectivity index (χ1n) is 9.03. The molecule has 8 heteroatoms. The third-order valence-electron chi connectivity index (χ3n) is 4.13. The predicted molar refractivity (Wildman–Crippen MR) is 116 cm³/mol. The number of nitrogens with two attached hydrogens (primary N) is 1. The molecule has 0 saturated heterocycles. The van der Waals surface area contributed by atoms with Gasteiger partial charge in [0, 0.05) is 19.6 Å². The highest BCUT2D eigenvalue weighted by atomic mass is 32.1. The van der Waals surface area contributed by atoms with Crippen LogP contribution in [0.5, 0.6) is 11.5 Å². The minimum Gasteiger partial charge on any atom is -0.493 e. The summed E-state index contributed by atoms with van der Waals surface area (Å²) in [6.45, 7) is 1.98. The molecule has 0 amide bonds. The predicted octanol–water partition coefficient (Wildman–Crippen LogP) is 2.87. The Hall–Kier alpha value is -3.00. The molecule has 2 aromatic carbocycles. The van der Waals surface area contributed by atoms with Crippen LogP contribution in [0.1, 0.15) is 5.56 Å². The van der Waals surface area contributed by atoms with Crippen LogP contribution >= 0.6 is 11.3 Å². The minimum absolute atomic E-state index is 0.437. The van der Waals surface area contributed by atoms with Crippen LogP contribution in [0.25, 0.3) is 10.2 Å². The Morgan fingerprint density at radius 1 is 1.11 bits per heavy atom. The lowest BCUT2D eigenvalue weighted by Crippen LogP contribution is -2.35. The zero-order valence-corrected chi connectivity index (χ0v) is 16.9. The summed E-state index contributed by atoms with van der Waals surface area (Å²) < 4.78 is 11.7. The number of anilines is 1. The quantitative estimate of drug-likeness (QED) is 0.291. The van der Waals surface area contributed by atoms with Gasteiger partial charge in [0.25, 0.3) is 0 Å². The fraction of sp³-hybridized carbons (Fsp3) is 0.300. The Morgan fingerprint density at radius 3 is 2.71 bits per heavy atom. The van der Waals surface area contributed by atoms with Gasteiger partial charge in [-0.25, -0.2) is 4.98 Å². The lowest BCUT2D eigenvalue weighted by atomic mass is 10.1. The van der Waals surface area contributed by atoms with Crippen molar-refractivity contribution in [1.82, 2.24) is 10.3 Å². The molecule has 0 radical (unpaired) electrons. The Balaban J connectivity index is 1.39. The molecule has 0 aliphatic rings. The lowest BCUT2D eigenvalue weighted by Gasteiger charge is -2.09. The molecule has 0 bridgehead atoms. The standard InChI is InChI=1S/C20H25N5O2S/c1-26-16-8-7-14(13-17(16)27-2)9-10-22-19(21)23-11-12-24-20-25-15-5-3-4-6-18(15)28-20/h3-8,13H,9-12H2,1-2H3,(H,24,25)(H3,21,22,23). The van der Waals surface area contributed by atoms with Crippen molar-refractivity contribution in [2.75, 3.05) is 39.2 Å². The first-order valence-corrected chi connectivity index (χ1v) is 9.85. The number of guanidine groups is 1. The second-order valence-electron chi connectivity index (χ2n) is 6.05. The summed E-state index contributed by atoms with van der Waals surface area (Å²) in [5.74, 6) is 1.87. The van der Waals surface area contributed by atoms with Gasteiger partial charge in [0.15, 0.2) is 22.6 Å². The molecule has 3 aromatic rings. The number of aliphatic imine (C=N–C) groups is 1. The Morgan fingerprint density at radius 2 is 1.93 bits per heavy atom. The molecule has 0 unspecified atom stereocenters. The Bertz CT molecular complexity index is 908. The van der Waals surface area contributed by atoms with Crippen molar-refractivity contribution in [3.63, 3.8) is 0 Å². The molecule has 0 atom stereocenters. The van der Waals surface area contributed by atoms with Crippen molar-refractivity contribution in [2.45, 2.75) is 6.42 Å². The largest absolute Gasteiger partial charge is 0.493 e. The second kappa shape index (κ2) is 9.80. The van der Waals surface area contributed by atoms with Crippen molar-refractivity contribution < 1.29 is 9.47 Å². The van der Waals surface area contributed by atoms with Crippen molar-refractivity contribution in [3.8, 4) is 11.5 Å². The molecule has 3 rings (SSSR count). The van der Waals surface area contributed by atoms with Gasteiger partial charge in [0.2, 0.25) is 0 Å². The van der Waals surface area contributed by atoms with Gasteiger partial charge >= 0.3 is 0 Å². The topological polar surface area (TPSA) is 93.8 Å². The molecule has 1 aromatic heterocycles. The molecule has 0 saturated carbocycles. The summed E-state index contributed by atoms with van der Waals surface area (Å²) in [4.78, 5) is 8.91. The number of rotatable bonds is 9.